The summed E-state index contributed by atoms with van der Waals surface area (Å²) in [5.41, 5.74) is 3.74. The fourth-order valence-corrected chi connectivity index (χ4v) is 4.01. The maximum absolute atomic E-state index is 12.2. The van der Waals surface area contributed by atoms with Crippen molar-refractivity contribution in [2.45, 2.75) is 45.3 Å². The lowest BCUT2D eigenvalue weighted by molar-refractivity contribution is -0.145. The Kier molecular flexibility index (Phi) is 7.38. The summed E-state index contributed by atoms with van der Waals surface area (Å²) in [6.07, 6.45) is -2.22. The lowest BCUT2D eigenvalue weighted by atomic mass is 9.86. The van der Waals surface area contributed by atoms with E-state index in [2.05, 4.69) is 10.6 Å². The molecule has 4 N–H and O–H groups in total. The summed E-state index contributed by atoms with van der Waals surface area (Å²) in [6.45, 7) is 5.03. The molecule has 0 spiro atoms. The zero-order valence-corrected chi connectivity index (χ0v) is 19.0. The van der Waals surface area contributed by atoms with Gasteiger partial charge in [0.15, 0.2) is 0 Å². The summed E-state index contributed by atoms with van der Waals surface area (Å²) >= 11 is 0. The first-order chi connectivity index (χ1) is 15.6. The normalized spacial score (nSPS) is 14.5. The number of benzene rings is 2. The fraction of sp³-hybridized carbons (Fsp3) is 0.400. The van der Waals surface area contributed by atoms with E-state index in [1.807, 2.05) is 48.5 Å². The summed E-state index contributed by atoms with van der Waals surface area (Å²) in [6, 6.07) is 14.9. The summed E-state index contributed by atoms with van der Waals surface area (Å²) in [7, 11) is 0. The fourth-order valence-electron chi connectivity index (χ4n) is 4.01. The number of carboxylic acids is 1. The summed E-state index contributed by atoms with van der Waals surface area (Å²) < 4.78 is 5.40. The van der Waals surface area contributed by atoms with Crippen LogP contribution >= 0.6 is 0 Å². The lowest BCUT2D eigenvalue weighted by Gasteiger charge is -2.28. The molecule has 2 amide bonds. The summed E-state index contributed by atoms with van der Waals surface area (Å²) in [5.74, 6) is -1.84. The van der Waals surface area contributed by atoms with Crippen LogP contribution in [0.25, 0.3) is 11.1 Å². The number of ether oxygens (including phenoxy) is 1. The number of alkyl carbamates (subject to hydrolysis) is 1. The molecule has 3 rings (SSSR count). The van der Waals surface area contributed by atoms with Gasteiger partial charge in [-0.3, -0.25) is 4.79 Å². The molecule has 176 valence electrons. The molecular formula is C25H30N2O6. The number of hydrogen-bond acceptors (Lipinski definition) is 5. The van der Waals surface area contributed by atoms with Crippen LogP contribution in [0.4, 0.5) is 4.79 Å². The Morgan fingerprint density at radius 3 is 2.06 bits per heavy atom. The Balaban J connectivity index is 1.48. The van der Waals surface area contributed by atoms with E-state index >= 15 is 0 Å². The molecule has 0 fully saturated rings. The minimum atomic E-state index is -1.18. The highest BCUT2D eigenvalue weighted by molar-refractivity contribution is 5.84. The van der Waals surface area contributed by atoms with Crippen LogP contribution in [-0.4, -0.2) is 53.5 Å². The molecule has 0 aliphatic heterocycles. The predicted octanol–water partition coefficient (Wildman–Crippen LogP) is 2.89. The monoisotopic (exact) mass is 454 g/mol. The molecule has 2 aromatic carbocycles. The van der Waals surface area contributed by atoms with Crippen LogP contribution in [0.3, 0.4) is 0 Å². The Bertz CT molecular complexity index is 984. The van der Waals surface area contributed by atoms with Crippen molar-refractivity contribution in [3.05, 3.63) is 59.7 Å². The summed E-state index contributed by atoms with van der Waals surface area (Å²) in [5, 5.41) is 24.2. The van der Waals surface area contributed by atoms with Crippen LogP contribution in [0, 0.1) is 5.41 Å². The zero-order chi connectivity index (χ0) is 24.2. The molecule has 33 heavy (non-hydrogen) atoms. The molecule has 0 aromatic heterocycles. The average molecular weight is 455 g/mol. The van der Waals surface area contributed by atoms with Gasteiger partial charge in [-0.05, 0) is 27.7 Å². The second-order valence-electron chi connectivity index (χ2n) is 9.27. The number of hydrogen-bond donors (Lipinski definition) is 4. The second kappa shape index (κ2) is 10.0. The Hall–Kier alpha value is -3.39. The van der Waals surface area contributed by atoms with E-state index in [1.165, 1.54) is 0 Å². The van der Waals surface area contributed by atoms with Crippen LogP contribution < -0.4 is 10.6 Å². The highest BCUT2D eigenvalue weighted by Crippen LogP contribution is 2.44. The zero-order valence-electron chi connectivity index (χ0n) is 19.0. The third kappa shape index (κ3) is 5.90. The van der Waals surface area contributed by atoms with Crippen molar-refractivity contribution in [2.24, 2.45) is 5.41 Å². The van der Waals surface area contributed by atoms with E-state index in [1.54, 1.807) is 20.8 Å². The highest BCUT2D eigenvalue weighted by Gasteiger charge is 2.33. The molecule has 1 unspecified atom stereocenters. The van der Waals surface area contributed by atoms with E-state index in [0.29, 0.717) is 0 Å². The number of rotatable bonds is 8. The van der Waals surface area contributed by atoms with Crippen molar-refractivity contribution in [2.75, 3.05) is 13.2 Å². The van der Waals surface area contributed by atoms with Crippen molar-refractivity contribution in [3.8, 4) is 11.1 Å². The second-order valence-corrected chi connectivity index (χ2v) is 9.27. The molecular weight excluding hydrogens is 424 g/mol. The molecule has 2 aromatic rings. The van der Waals surface area contributed by atoms with Crippen LogP contribution in [0.1, 0.15) is 44.2 Å². The maximum Gasteiger partial charge on any atom is 0.407 e. The van der Waals surface area contributed by atoms with Crippen LogP contribution in [-0.2, 0) is 14.3 Å². The van der Waals surface area contributed by atoms with Gasteiger partial charge < -0.3 is 25.6 Å². The van der Waals surface area contributed by atoms with Gasteiger partial charge >= 0.3 is 12.1 Å². The van der Waals surface area contributed by atoms with Crippen molar-refractivity contribution < 1.29 is 29.3 Å². The minimum absolute atomic E-state index is 0.0794. The van der Waals surface area contributed by atoms with Crippen LogP contribution in [0.5, 0.6) is 0 Å². The van der Waals surface area contributed by atoms with E-state index in [4.69, 9.17) is 4.74 Å². The first-order valence-electron chi connectivity index (χ1n) is 10.9. The molecule has 0 saturated carbocycles. The van der Waals surface area contributed by atoms with Crippen molar-refractivity contribution in [1.29, 1.82) is 0 Å². The van der Waals surface area contributed by atoms with Crippen LogP contribution in [0.2, 0.25) is 0 Å². The smallest absolute Gasteiger partial charge is 0.407 e. The molecule has 0 bridgehead atoms. The van der Waals surface area contributed by atoms with Crippen molar-refractivity contribution in [3.63, 3.8) is 0 Å². The highest BCUT2D eigenvalue weighted by atomic mass is 16.5. The van der Waals surface area contributed by atoms with Gasteiger partial charge in [0.25, 0.3) is 0 Å². The van der Waals surface area contributed by atoms with Gasteiger partial charge in [0.2, 0.25) is 5.91 Å². The molecule has 0 saturated heterocycles. The Morgan fingerprint density at radius 2 is 1.55 bits per heavy atom. The first kappa shape index (κ1) is 24.3. The number of carboxylic acid groups (broad SMARTS) is 1. The van der Waals surface area contributed by atoms with Gasteiger partial charge in [0, 0.05) is 12.5 Å². The first-order valence-corrected chi connectivity index (χ1v) is 10.9. The Labute approximate surface area is 193 Å². The standard InChI is InChI=1S/C25H30N2O6/c1-25(2,3)22(23(30)31)27-21(29)12-15(28)13-26-24(32)33-14-20-18-10-6-4-8-16(18)17-9-5-7-11-19(17)20/h4-11,15,20,22,28H,12-14H2,1-3H3,(H,26,32)(H,27,29)(H,30,31)/t15?,22-/m1/s1. The summed E-state index contributed by atoms with van der Waals surface area (Å²) in [4.78, 5) is 35.7. The number of nitrogens with one attached hydrogen (secondary N) is 2. The number of fused-ring (bicyclic) bond motifs is 3. The van der Waals surface area contributed by atoms with Gasteiger partial charge in [0.1, 0.15) is 12.6 Å². The van der Waals surface area contributed by atoms with Crippen molar-refractivity contribution >= 4 is 18.0 Å². The van der Waals surface area contributed by atoms with E-state index < -0.39 is 35.5 Å². The SMILES string of the molecule is CC(C)(C)[C@H](NC(=O)CC(O)CNC(=O)OCC1c2ccccc2-c2ccccc21)C(=O)O. The number of aliphatic hydroxyl groups excluding tert-OH is 1. The molecule has 1 aliphatic carbocycles. The topological polar surface area (TPSA) is 125 Å². The van der Waals surface area contributed by atoms with Gasteiger partial charge in [0.05, 0.1) is 12.5 Å². The quantitative estimate of drug-likeness (QED) is 0.486. The van der Waals surface area contributed by atoms with Gasteiger partial charge in [-0.15, -0.1) is 0 Å². The third-order valence-corrected chi connectivity index (χ3v) is 5.67. The molecule has 2 atom stereocenters. The minimum Gasteiger partial charge on any atom is -0.480 e. The molecule has 1 aliphatic rings. The number of aliphatic carboxylic acids is 1. The van der Waals surface area contributed by atoms with Crippen LogP contribution in [0.15, 0.2) is 48.5 Å². The van der Waals surface area contributed by atoms with Gasteiger partial charge in [-0.25, -0.2) is 9.59 Å². The van der Waals surface area contributed by atoms with Gasteiger partial charge in [-0.1, -0.05) is 69.3 Å². The van der Waals surface area contributed by atoms with E-state index in [9.17, 15) is 24.6 Å². The third-order valence-electron chi connectivity index (χ3n) is 5.67. The van der Waals surface area contributed by atoms with E-state index in [0.717, 1.165) is 22.3 Å². The number of aliphatic hydroxyl groups is 1. The Morgan fingerprint density at radius 1 is 1.00 bits per heavy atom. The average Bonchev–Trinajstić information content (AvgIpc) is 3.07. The molecule has 8 heteroatoms. The lowest BCUT2D eigenvalue weighted by Crippen LogP contribution is -2.50. The molecule has 8 nitrogen and oxygen atoms in total. The number of carbonyl (C=O) groups is 3. The maximum atomic E-state index is 12.2. The molecule has 0 radical (unpaired) electrons. The molecule has 0 heterocycles. The number of amides is 2. The van der Waals surface area contributed by atoms with Gasteiger partial charge in [-0.2, -0.15) is 0 Å². The predicted molar refractivity (Wildman–Crippen MR) is 123 cm³/mol. The number of carbonyl (C=O) groups excluding carboxylic acids is 2. The largest absolute Gasteiger partial charge is 0.480 e. The van der Waals surface area contributed by atoms with Crippen molar-refractivity contribution in [1.82, 2.24) is 10.6 Å². The van der Waals surface area contributed by atoms with E-state index in [-0.39, 0.29) is 25.5 Å².